The molecule has 0 saturated heterocycles. The van der Waals surface area contributed by atoms with Crippen LogP contribution in [0.1, 0.15) is 20.7 Å². The lowest BCUT2D eigenvalue weighted by Gasteiger charge is -2.20. The van der Waals surface area contributed by atoms with Crippen LogP contribution in [0.4, 0.5) is 5.69 Å². The van der Waals surface area contributed by atoms with Crippen LogP contribution in [0.3, 0.4) is 0 Å². The largest absolute Gasteiger partial charge is 0.478 e. The third-order valence-electron chi connectivity index (χ3n) is 2.81. The van der Waals surface area contributed by atoms with E-state index in [1.54, 1.807) is 24.2 Å². The SMILES string of the molecule is CN(NC(=O)c1ccccc1C(=O)O)c1ccccc1. The number of para-hydroxylation sites is 1. The topological polar surface area (TPSA) is 69.6 Å². The Bertz CT molecular complexity index is 626. The van der Waals surface area contributed by atoms with Crippen molar-refractivity contribution in [3.8, 4) is 0 Å². The lowest BCUT2D eigenvalue weighted by Crippen LogP contribution is -2.39. The number of carboxylic acids is 1. The molecular formula is C15H14N2O3. The molecule has 0 aliphatic rings. The van der Waals surface area contributed by atoms with Crippen LogP contribution in [-0.4, -0.2) is 24.0 Å². The van der Waals surface area contributed by atoms with E-state index in [0.29, 0.717) is 0 Å². The molecule has 5 heteroatoms. The summed E-state index contributed by atoms with van der Waals surface area (Å²) in [6.45, 7) is 0. The molecule has 0 saturated carbocycles. The summed E-state index contributed by atoms with van der Waals surface area (Å²) in [7, 11) is 1.69. The highest BCUT2D eigenvalue weighted by molar-refractivity contribution is 6.05. The molecule has 0 fully saturated rings. The number of carbonyl (C=O) groups is 2. The normalized spacial score (nSPS) is 9.85. The van der Waals surface area contributed by atoms with Gasteiger partial charge in [0.15, 0.2) is 0 Å². The number of nitrogens with zero attached hydrogens (tertiary/aromatic N) is 1. The number of nitrogens with one attached hydrogen (secondary N) is 1. The Kier molecular flexibility index (Phi) is 4.00. The van der Waals surface area contributed by atoms with E-state index in [1.807, 2.05) is 30.3 Å². The predicted octanol–water partition coefficient (Wildman–Crippen LogP) is 2.17. The number of hydrogen-bond acceptors (Lipinski definition) is 3. The van der Waals surface area contributed by atoms with Crippen molar-refractivity contribution < 1.29 is 14.7 Å². The number of anilines is 1. The molecule has 1 amide bonds. The Morgan fingerprint density at radius 2 is 1.50 bits per heavy atom. The van der Waals surface area contributed by atoms with E-state index in [0.717, 1.165) is 5.69 Å². The highest BCUT2D eigenvalue weighted by atomic mass is 16.4. The summed E-state index contributed by atoms with van der Waals surface area (Å²) >= 11 is 0. The molecule has 0 unspecified atom stereocenters. The maximum atomic E-state index is 12.1. The van der Waals surface area contributed by atoms with Gasteiger partial charge < -0.3 is 5.11 Å². The van der Waals surface area contributed by atoms with Crippen LogP contribution in [0, 0.1) is 0 Å². The molecule has 0 aliphatic carbocycles. The Morgan fingerprint density at radius 1 is 0.950 bits per heavy atom. The highest BCUT2D eigenvalue weighted by Gasteiger charge is 2.16. The molecule has 2 rings (SSSR count). The zero-order valence-corrected chi connectivity index (χ0v) is 10.9. The van der Waals surface area contributed by atoms with E-state index in [-0.39, 0.29) is 11.1 Å². The van der Waals surface area contributed by atoms with Crippen LogP contribution in [0.2, 0.25) is 0 Å². The summed E-state index contributed by atoms with van der Waals surface area (Å²) in [6, 6.07) is 15.3. The number of hydrazine groups is 1. The summed E-state index contributed by atoms with van der Waals surface area (Å²) in [6.07, 6.45) is 0. The Morgan fingerprint density at radius 3 is 2.10 bits per heavy atom. The van der Waals surface area contributed by atoms with Gasteiger partial charge in [-0.15, -0.1) is 0 Å². The molecule has 0 bridgehead atoms. The molecule has 2 aromatic rings. The minimum absolute atomic E-state index is 0.0218. The van der Waals surface area contributed by atoms with Gasteiger partial charge in [0.2, 0.25) is 0 Å². The first kappa shape index (κ1) is 13.6. The van der Waals surface area contributed by atoms with Gasteiger partial charge in [-0.25, -0.2) is 4.79 Å². The first-order chi connectivity index (χ1) is 9.59. The van der Waals surface area contributed by atoms with Gasteiger partial charge in [-0.3, -0.25) is 15.2 Å². The van der Waals surface area contributed by atoms with Gasteiger partial charge in [0.25, 0.3) is 5.91 Å². The lowest BCUT2D eigenvalue weighted by molar-refractivity contribution is 0.0691. The Hall–Kier alpha value is -2.82. The monoisotopic (exact) mass is 270 g/mol. The second-order valence-electron chi connectivity index (χ2n) is 4.19. The van der Waals surface area contributed by atoms with E-state index in [4.69, 9.17) is 5.11 Å². The Balaban J connectivity index is 2.19. The van der Waals surface area contributed by atoms with Gasteiger partial charge in [-0.05, 0) is 24.3 Å². The molecule has 0 heterocycles. The standard InChI is InChI=1S/C15H14N2O3/c1-17(11-7-3-2-4-8-11)16-14(18)12-9-5-6-10-13(12)15(19)20/h2-10H,1H3,(H,16,18)(H,19,20). The fourth-order valence-electron chi connectivity index (χ4n) is 1.80. The van der Waals surface area contributed by atoms with Crippen molar-refractivity contribution >= 4 is 17.6 Å². The van der Waals surface area contributed by atoms with Crippen molar-refractivity contribution in [2.75, 3.05) is 12.1 Å². The molecule has 0 radical (unpaired) electrons. The van der Waals surface area contributed by atoms with Crippen LogP contribution in [-0.2, 0) is 0 Å². The van der Waals surface area contributed by atoms with Gasteiger partial charge in [-0.2, -0.15) is 0 Å². The number of rotatable bonds is 4. The van der Waals surface area contributed by atoms with Gasteiger partial charge in [0, 0.05) is 7.05 Å². The summed E-state index contributed by atoms with van der Waals surface area (Å²) in [5, 5.41) is 10.6. The number of benzene rings is 2. The summed E-state index contributed by atoms with van der Waals surface area (Å²) < 4.78 is 0. The molecule has 102 valence electrons. The maximum Gasteiger partial charge on any atom is 0.336 e. The van der Waals surface area contributed by atoms with Crippen LogP contribution in [0.15, 0.2) is 54.6 Å². The fraction of sp³-hybridized carbons (Fsp3) is 0.0667. The molecule has 0 aliphatic heterocycles. The number of amides is 1. The van der Waals surface area contributed by atoms with Crippen LogP contribution in [0.25, 0.3) is 0 Å². The van der Waals surface area contributed by atoms with Crippen molar-refractivity contribution in [3.63, 3.8) is 0 Å². The maximum absolute atomic E-state index is 12.1. The molecule has 5 nitrogen and oxygen atoms in total. The van der Waals surface area contributed by atoms with Gasteiger partial charge in [-0.1, -0.05) is 30.3 Å². The van der Waals surface area contributed by atoms with Crippen molar-refractivity contribution in [3.05, 3.63) is 65.7 Å². The van der Waals surface area contributed by atoms with E-state index in [1.165, 1.54) is 12.1 Å². The fourth-order valence-corrected chi connectivity index (χ4v) is 1.80. The third-order valence-corrected chi connectivity index (χ3v) is 2.81. The van der Waals surface area contributed by atoms with E-state index in [2.05, 4.69) is 5.43 Å². The average molecular weight is 270 g/mol. The van der Waals surface area contributed by atoms with Crippen molar-refractivity contribution in [2.45, 2.75) is 0 Å². The van der Waals surface area contributed by atoms with E-state index >= 15 is 0 Å². The van der Waals surface area contributed by atoms with Gasteiger partial charge >= 0.3 is 5.97 Å². The minimum Gasteiger partial charge on any atom is -0.478 e. The number of carboxylic acid groups (broad SMARTS) is 1. The van der Waals surface area contributed by atoms with E-state index in [9.17, 15) is 9.59 Å². The molecule has 0 atom stereocenters. The van der Waals surface area contributed by atoms with Gasteiger partial charge in [0.05, 0.1) is 16.8 Å². The van der Waals surface area contributed by atoms with Crippen molar-refractivity contribution in [2.24, 2.45) is 0 Å². The molecule has 0 aromatic heterocycles. The smallest absolute Gasteiger partial charge is 0.336 e. The number of carbonyl (C=O) groups excluding carboxylic acids is 1. The van der Waals surface area contributed by atoms with Gasteiger partial charge in [0.1, 0.15) is 0 Å². The zero-order valence-electron chi connectivity index (χ0n) is 10.9. The first-order valence-corrected chi connectivity index (χ1v) is 6.01. The summed E-state index contributed by atoms with van der Waals surface area (Å²) in [4.78, 5) is 23.2. The number of aromatic carboxylic acids is 1. The van der Waals surface area contributed by atoms with Crippen LogP contribution >= 0.6 is 0 Å². The van der Waals surface area contributed by atoms with E-state index < -0.39 is 11.9 Å². The van der Waals surface area contributed by atoms with Crippen molar-refractivity contribution in [1.82, 2.24) is 5.43 Å². The second kappa shape index (κ2) is 5.88. The molecule has 2 N–H and O–H groups in total. The summed E-state index contributed by atoms with van der Waals surface area (Å²) in [5.74, 6) is -1.59. The molecule has 20 heavy (non-hydrogen) atoms. The lowest BCUT2D eigenvalue weighted by atomic mass is 10.1. The first-order valence-electron chi connectivity index (χ1n) is 6.01. The quantitative estimate of drug-likeness (QED) is 0.835. The highest BCUT2D eigenvalue weighted by Crippen LogP contribution is 2.12. The average Bonchev–Trinajstić information content (AvgIpc) is 2.48. The Labute approximate surface area is 116 Å². The zero-order chi connectivity index (χ0) is 14.5. The minimum atomic E-state index is -1.13. The molecular weight excluding hydrogens is 256 g/mol. The summed E-state index contributed by atoms with van der Waals surface area (Å²) in [5.41, 5.74) is 3.54. The molecule has 2 aromatic carbocycles. The van der Waals surface area contributed by atoms with Crippen LogP contribution in [0.5, 0.6) is 0 Å². The van der Waals surface area contributed by atoms with Crippen LogP contribution < -0.4 is 10.4 Å². The number of hydrogen-bond donors (Lipinski definition) is 2. The molecule has 0 spiro atoms. The third kappa shape index (κ3) is 2.95. The van der Waals surface area contributed by atoms with Crippen molar-refractivity contribution in [1.29, 1.82) is 0 Å². The second-order valence-corrected chi connectivity index (χ2v) is 4.19. The predicted molar refractivity (Wildman–Crippen MR) is 75.7 cm³/mol.